The molecule has 1 saturated carbocycles. The molecule has 0 bridgehead atoms. The smallest absolute Gasteiger partial charge is 0.311 e. The minimum absolute atomic E-state index is 0.128. The van der Waals surface area contributed by atoms with Crippen LogP contribution in [0.1, 0.15) is 41.5 Å². The van der Waals surface area contributed by atoms with Crippen LogP contribution >= 0.6 is 23.2 Å². The number of halogens is 3. The third kappa shape index (κ3) is 5.52. The number of benzene rings is 3. The van der Waals surface area contributed by atoms with E-state index in [1.165, 1.54) is 19.2 Å². The summed E-state index contributed by atoms with van der Waals surface area (Å²) in [6.07, 6.45) is 1.43. The van der Waals surface area contributed by atoms with Crippen molar-refractivity contribution in [3.8, 4) is 0 Å². The Morgan fingerprint density at radius 3 is 2.26 bits per heavy atom. The van der Waals surface area contributed by atoms with E-state index in [0.717, 1.165) is 5.56 Å². The topological polar surface area (TPSA) is 75.7 Å². The summed E-state index contributed by atoms with van der Waals surface area (Å²) in [6, 6.07) is 18.2. The summed E-state index contributed by atoms with van der Waals surface area (Å²) in [5.74, 6) is -3.35. The van der Waals surface area contributed by atoms with Gasteiger partial charge in [0, 0.05) is 18.4 Å². The van der Waals surface area contributed by atoms with Gasteiger partial charge >= 0.3 is 5.97 Å². The molecular formula is C30H27Cl2FN2O4. The van der Waals surface area contributed by atoms with Crippen LogP contribution in [0.5, 0.6) is 0 Å². The van der Waals surface area contributed by atoms with Gasteiger partial charge in [0.2, 0.25) is 11.8 Å². The summed E-state index contributed by atoms with van der Waals surface area (Å²) in [6.45, 7) is 0.128. The lowest BCUT2D eigenvalue weighted by atomic mass is 9.80. The zero-order chi connectivity index (χ0) is 27.7. The standard InChI is InChI=1S/C30H27Cl2FN2O4/c1-39-30(38)25-24(18-5-3-2-4-6-18)27(28(36)34-16-17-7-12-21(33)13-8-17)35(29(37)19-9-10-19)26(25)20-11-14-22(31)23(32)15-20/h2-8,11-15,19,24-27H,9-10,16H2,1H3,(H,34,36). The first-order valence-electron chi connectivity index (χ1n) is 12.7. The van der Waals surface area contributed by atoms with Crippen molar-refractivity contribution >= 4 is 41.0 Å². The van der Waals surface area contributed by atoms with E-state index in [1.54, 1.807) is 35.2 Å². The molecule has 1 aliphatic heterocycles. The largest absolute Gasteiger partial charge is 0.469 e. The lowest BCUT2D eigenvalue weighted by Gasteiger charge is -2.32. The maximum Gasteiger partial charge on any atom is 0.311 e. The van der Waals surface area contributed by atoms with E-state index in [9.17, 15) is 18.8 Å². The lowest BCUT2D eigenvalue weighted by molar-refractivity contribution is -0.148. The second kappa shape index (κ2) is 11.4. The summed E-state index contributed by atoms with van der Waals surface area (Å²) in [5.41, 5.74) is 2.01. The highest BCUT2D eigenvalue weighted by Gasteiger charge is 2.59. The molecule has 1 N–H and O–H groups in total. The lowest BCUT2D eigenvalue weighted by Crippen LogP contribution is -2.49. The Bertz CT molecular complexity index is 1380. The molecule has 1 aliphatic carbocycles. The first-order valence-corrected chi connectivity index (χ1v) is 13.5. The van der Waals surface area contributed by atoms with E-state index in [2.05, 4.69) is 5.32 Å². The highest BCUT2D eigenvalue weighted by Crippen LogP contribution is 2.52. The number of likely N-dealkylation sites (tertiary alicyclic amines) is 1. The van der Waals surface area contributed by atoms with Crippen molar-refractivity contribution in [3.63, 3.8) is 0 Å². The van der Waals surface area contributed by atoms with Crippen molar-refractivity contribution in [1.82, 2.24) is 10.2 Å². The van der Waals surface area contributed by atoms with Gasteiger partial charge in [0.05, 0.1) is 29.1 Å². The molecule has 4 unspecified atom stereocenters. The van der Waals surface area contributed by atoms with Crippen LogP contribution in [0.25, 0.3) is 0 Å². The number of amides is 2. The number of methoxy groups -OCH3 is 1. The molecule has 0 aromatic heterocycles. The van der Waals surface area contributed by atoms with Gasteiger partial charge in [-0.15, -0.1) is 0 Å². The Morgan fingerprint density at radius 1 is 0.949 bits per heavy atom. The molecule has 2 aliphatic rings. The van der Waals surface area contributed by atoms with Crippen LogP contribution in [-0.4, -0.2) is 35.8 Å². The van der Waals surface area contributed by atoms with E-state index in [0.29, 0.717) is 29.0 Å². The molecule has 4 atom stereocenters. The fourth-order valence-corrected chi connectivity index (χ4v) is 5.76. The van der Waals surface area contributed by atoms with Crippen molar-refractivity contribution < 1.29 is 23.5 Å². The third-order valence-corrected chi connectivity index (χ3v) is 8.18. The van der Waals surface area contributed by atoms with Gasteiger partial charge in [0.15, 0.2) is 0 Å². The molecule has 6 nitrogen and oxygen atoms in total. The molecule has 1 saturated heterocycles. The molecule has 0 radical (unpaired) electrons. The molecule has 1 heterocycles. The third-order valence-electron chi connectivity index (χ3n) is 7.44. The fraction of sp³-hybridized carbons (Fsp3) is 0.300. The van der Waals surface area contributed by atoms with Crippen LogP contribution in [0.3, 0.4) is 0 Å². The number of carbonyl (C=O) groups is 3. The van der Waals surface area contributed by atoms with Crippen LogP contribution in [0.2, 0.25) is 10.0 Å². The van der Waals surface area contributed by atoms with E-state index < -0.39 is 35.8 Å². The summed E-state index contributed by atoms with van der Waals surface area (Å²) in [5, 5.41) is 3.53. The van der Waals surface area contributed by atoms with Gasteiger partial charge in [-0.2, -0.15) is 0 Å². The van der Waals surface area contributed by atoms with E-state index >= 15 is 0 Å². The zero-order valence-corrected chi connectivity index (χ0v) is 22.7. The molecule has 3 aromatic carbocycles. The average molecular weight is 569 g/mol. The maximum absolute atomic E-state index is 14.0. The van der Waals surface area contributed by atoms with Crippen LogP contribution in [0.4, 0.5) is 4.39 Å². The normalized spacial score (nSPS) is 22.4. The molecule has 9 heteroatoms. The Kier molecular flexibility index (Phi) is 7.91. The monoisotopic (exact) mass is 568 g/mol. The number of ether oxygens (including phenoxy) is 1. The first-order chi connectivity index (χ1) is 18.8. The van der Waals surface area contributed by atoms with Crippen molar-refractivity contribution in [1.29, 1.82) is 0 Å². The Morgan fingerprint density at radius 2 is 1.64 bits per heavy atom. The Balaban J connectivity index is 1.63. The number of carbonyl (C=O) groups excluding carboxylic acids is 3. The summed E-state index contributed by atoms with van der Waals surface area (Å²) >= 11 is 12.6. The highest BCUT2D eigenvalue weighted by molar-refractivity contribution is 6.42. The van der Waals surface area contributed by atoms with Gasteiger partial charge in [0.25, 0.3) is 0 Å². The minimum Gasteiger partial charge on any atom is -0.469 e. The first kappa shape index (κ1) is 27.2. The number of hydrogen-bond donors (Lipinski definition) is 1. The number of nitrogens with zero attached hydrogens (tertiary/aromatic N) is 1. The number of nitrogens with one attached hydrogen (secondary N) is 1. The second-order valence-corrected chi connectivity index (χ2v) is 10.7. The highest BCUT2D eigenvalue weighted by atomic mass is 35.5. The fourth-order valence-electron chi connectivity index (χ4n) is 5.45. The number of hydrogen-bond acceptors (Lipinski definition) is 4. The van der Waals surface area contributed by atoms with E-state index in [-0.39, 0.29) is 29.2 Å². The second-order valence-electron chi connectivity index (χ2n) is 9.91. The van der Waals surface area contributed by atoms with Crippen LogP contribution in [-0.2, 0) is 25.7 Å². The minimum atomic E-state index is -1.01. The van der Waals surface area contributed by atoms with Gasteiger partial charge < -0.3 is 15.0 Å². The predicted molar refractivity (Wildman–Crippen MR) is 145 cm³/mol. The van der Waals surface area contributed by atoms with Gasteiger partial charge in [0.1, 0.15) is 11.9 Å². The molecule has 3 aromatic rings. The van der Waals surface area contributed by atoms with Crippen LogP contribution < -0.4 is 5.32 Å². The van der Waals surface area contributed by atoms with Gasteiger partial charge in [-0.3, -0.25) is 14.4 Å². The number of rotatable bonds is 7. The van der Waals surface area contributed by atoms with Gasteiger partial charge in [-0.25, -0.2) is 4.39 Å². The summed E-state index contributed by atoms with van der Waals surface area (Å²) < 4.78 is 18.7. The van der Waals surface area contributed by atoms with Crippen LogP contribution in [0.15, 0.2) is 72.8 Å². The summed E-state index contributed by atoms with van der Waals surface area (Å²) in [7, 11) is 1.30. The van der Waals surface area contributed by atoms with E-state index in [1.807, 2.05) is 30.3 Å². The quantitative estimate of drug-likeness (QED) is 0.372. The Hall–Kier alpha value is -3.42. The van der Waals surface area contributed by atoms with E-state index in [4.69, 9.17) is 27.9 Å². The Labute approximate surface area is 236 Å². The van der Waals surface area contributed by atoms with Gasteiger partial charge in [-0.05, 0) is 53.8 Å². The molecule has 0 spiro atoms. The zero-order valence-electron chi connectivity index (χ0n) is 21.2. The van der Waals surface area contributed by atoms with Crippen LogP contribution in [0, 0.1) is 17.7 Å². The van der Waals surface area contributed by atoms with Gasteiger partial charge in [-0.1, -0.05) is 71.7 Å². The van der Waals surface area contributed by atoms with Crippen molar-refractivity contribution in [2.45, 2.75) is 37.4 Å². The molecule has 5 rings (SSSR count). The summed E-state index contributed by atoms with van der Waals surface area (Å²) in [4.78, 5) is 42.9. The molecule has 2 fully saturated rings. The van der Waals surface area contributed by atoms with Crippen molar-refractivity contribution in [3.05, 3.63) is 105 Å². The van der Waals surface area contributed by atoms with Crippen molar-refractivity contribution in [2.75, 3.05) is 7.11 Å². The molecule has 202 valence electrons. The molecule has 2 amide bonds. The predicted octanol–water partition coefficient (Wildman–Crippen LogP) is 5.68. The molecular weight excluding hydrogens is 542 g/mol. The number of esters is 1. The SMILES string of the molecule is COC(=O)C1C(c2ccccc2)C(C(=O)NCc2ccc(F)cc2)N(C(=O)C2CC2)C1c1ccc(Cl)c(Cl)c1. The molecule has 39 heavy (non-hydrogen) atoms. The average Bonchev–Trinajstić information content (AvgIpc) is 3.74. The maximum atomic E-state index is 14.0. The van der Waals surface area contributed by atoms with Crippen molar-refractivity contribution in [2.24, 2.45) is 11.8 Å².